The molecule has 0 bridgehead atoms. The molecule has 202 valence electrons. The average molecular weight is 551 g/mol. The third-order valence-corrected chi connectivity index (χ3v) is 8.03. The van der Waals surface area contributed by atoms with Gasteiger partial charge in [-0.05, 0) is 37.8 Å². The largest absolute Gasteiger partial charge is 0.543 e. The molecule has 3 aliphatic rings. The van der Waals surface area contributed by atoms with Crippen molar-refractivity contribution in [2.75, 3.05) is 11.1 Å². The summed E-state index contributed by atoms with van der Waals surface area (Å²) in [5.74, 6) is -2.15. The molecule has 2 aliphatic heterocycles. The van der Waals surface area contributed by atoms with Crippen LogP contribution in [0.1, 0.15) is 31.4 Å². The monoisotopic (exact) mass is 550 g/mol. The Kier molecular flexibility index (Phi) is 7.87. The van der Waals surface area contributed by atoms with Gasteiger partial charge in [-0.2, -0.15) is 0 Å². The molecule has 2 atom stereocenters. The number of fused-ring (bicyclic) bond motifs is 1. The number of thioether (sulfide) groups is 1. The molecule has 2 N–H and O–H groups in total. The minimum atomic E-state index is -1.44. The van der Waals surface area contributed by atoms with E-state index in [1.54, 1.807) is 30.6 Å². The fourth-order valence-corrected chi connectivity index (χ4v) is 6.13. The number of pyridine rings is 2. The number of carboxylic acids is 1. The first kappa shape index (κ1) is 26.4. The first-order valence-corrected chi connectivity index (χ1v) is 13.6. The maximum absolute atomic E-state index is 13.4. The summed E-state index contributed by atoms with van der Waals surface area (Å²) >= 11 is 1.36. The van der Waals surface area contributed by atoms with E-state index in [2.05, 4.69) is 20.8 Å². The predicted molar refractivity (Wildman–Crippen MR) is 137 cm³/mol. The van der Waals surface area contributed by atoms with Crippen molar-refractivity contribution in [3.8, 4) is 0 Å². The first-order valence-electron chi connectivity index (χ1n) is 12.5. The molecule has 5 rings (SSSR count). The van der Waals surface area contributed by atoms with Crippen LogP contribution in [-0.4, -0.2) is 63.1 Å². The Labute approximate surface area is 228 Å². The molecule has 0 aromatic carbocycles. The number of nitrogens with zero attached hydrogens (tertiary/aromatic N) is 4. The number of carbonyl (C=O) groups is 4. The fraction of sp³-hybridized carbons (Fsp3) is 0.346. The molecular weight excluding hydrogens is 524 g/mol. The Balaban J connectivity index is 1.36. The lowest BCUT2D eigenvalue weighted by molar-refractivity contribution is -0.689. The number of nitrogens with one attached hydrogen (secondary N) is 2. The molecule has 2 fully saturated rings. The van der Waals surface area contributed by atoms with Gasteiger partial charge in [0.05, 0.1) is 11.7 Å². The topological polar surface area (TPSA) is 157 Å². The Morgan fingerprint density at radius 1 is 1.21 bits per heavy atom. The summed E-state index contributed by atoms with van der Waals surface area (Å²) in [4.78, 5) is 60.5. The Bertz CT molecular complexity index is 1340. The summed E-state index contributed by atoms with van der Waals surface area (Å²) < 4.78 is 1.82. The van der Waals surface area contributed by atoms with E-state index in [4.69, 9.17) is 4.84 Å². The zero-order chi connectivity index (χ0) is 27.4. The second-order valence-electron chi connectivity index (χ2n) is 9.27. The van der Waals surface area contributed by atoms with E-state index in [1.807, 2.05) is 22.8 Å². The van der Waals surface area contributed by atoms with Crippen molar-refractivity contribution >= 4 is 47.5 Å². The molecule has 2 aromatic rings. The summed E-state index contributed by atoms with van der Waals surface area (Å²) in [6, 6.07) is 9.22. The minimum Gasteiger partial charge on any atom is -0.543 e. The molecule has 12 nitrogen and oxygen atoms in total. The molecule has 1 aliphatic carbocycles. The van der Waals surface area contributed by atoms with Crippen LogP contribution in [0.25, 0.3) is 0 Å². The summed E-state index contributed by atoms with van der Waals surface area (Å²) in [7, 11) is 0. The number of carbonyl (C=O) groups excluding carboxylic acids is 4. The molecular formula is C26H26N6O6S. The standard InChI is InChI=1S/C26H26N6O6S/c33-15-27-19-10-6-9-18(28-19)20(30-38-17-7-2-3-8-17)23(34)29-21-24(35)32-22(26(36)37)16(14-39-25(21)32)13-31-11-4-1-5-12-31/h1,4-6,9-12,15,17,21,25H,2-3,7-8,13-14H2,(H2-,27,28,29,33,34,36,37)/t21?,25-/m1/s1. The van der Waals surface area contributed by atoms with Crippen molar-refractivity contribution in [1.82, 2.24) is 15.2 Å². The third-order valence-electron chi connectivity index (χ3n) is 6.69. The SMILES string of the molecule is O=CNc1cccc(C(=NOC2CCCC2)C(=O)NC2C(=O)N3C(C(=O)[O-])=C(C[n+]4ccccc4)CS[C@H]23)n1. The number of oxime groups is 1. The van der Waals surface area contributed by atoms with Crippen molar-refractivity contribution in [3.05, 3.63) is 65.8 Å². The second-order valence-corrected chi connectivity index (χ2v) is 10.4. The van der Waals surface area contributed by atoms with Gasteiger partial charge in [-0.15, -0.1) is 11.8 Å². The summed E-state index contributed by atoms with van der Waals surface area (Å²) in [5, 5.41) is 20.7. The summed E-state index contributed by atoms with van der Waals surface area (Å²) in [6.45, 7) is 0.289. The van der Waals surface area contributed by atoms with Gasteiger partial charge in [-0.3, -0.25) is 19.3 Å². The van der Waals surface area contributed by atoms with Gasteiger partial charge >= 0.3 is 0 Å². The average Bonchev–Trinajstić information content (AvgIpc) is 3.46. The van der Waals surface area contributed by atoms with Gasteiger partial charge in [0.2, 0.25) is 6.41 Å². The van der Waals surface area contributed by atoms with Gasteiger partial charge in [0.25, 0.3) is 11.8 Å². The Hall–Kier alpha value is -4.26. The molecule has 3 amide bonds. The Morgan fingerprint density at radius 2 is 1.97 bits per heavy atom. The number of amides is 3. The van der Waals surface area contributed by atoms with E-state index in [0.29, 0.717) is 17.7 Å². The summed E-state index contributed by atoms with van der Waals surface area (Å²) in [5.41, 5.74) is 0.370. The normalized spacial score (nSPS) is 21.2. The predicted octanol–water partition coefficient (Wildman–Crippen LogP) is -0.295. The van der Waals surface area contributed by atoms with E-state index in [9.17, 15) is 24.3 Å². The van der Waals surface area contributed by atoms with Crippen LogP contribution < -0.4 is 20.3 Å². The summed E-state index contributed by atoms with van der Waals surface area (Å²) in [6.07, 6.45) is 7.58. The van der Waals surface area contributed by atoms with Crippen molar-refractivity contribution < 1.29 is 33.7 Å². The lowest BCUT2D eigenvalue weighted by Gasteiger charge is -2.50. The molecule has 0 spiro atoms. The van der Waals surface area contributed by atoms with Crippen LogP contribution >= 0.6 is 11.8 Å². The zero-order valence-electron chi connectivity index (χ0n) is 20.8. The number of rotatable bonds is 10. The van der Waals surface area contributed by atoms with Crippen LogP contribution in [0.15, 0.2) is 65.2 Å². The van der Waals surface area contributed by atoms with Gasteiger partial charge < -0.3 is 25.4 Å². The van der Waals surface area contributed by atoms with Crippen molar-refractivity contribution in [1.29, 1.82) is 0 Å². The highest BCUT2D eigenvalue weighted by molar-refractivity contribution is 8.00. The number of β-lactam (4-membered cyclic amide) rings is 1. The van der Waals surface area contributed by atoms with Gasteiger partial charge in [-0.25, -0.2) is 9.55 Å². The molecule has 1 saturated heterocycles. The highest BCUT2D eigenvalue weighted by atomic mass is 32.2. The van der Waals surface area contributed by atoms with Crippen LogP contribution in [0.2, 0.25) is 0 Å². The van der Waals surface area contributed by atoms with Gasteiger partial charge in [0.1, 0.15) is 29.0 Å². The van der Waals surface area contributed by atoms with Crippen LogP contribution in [0.5, 0.6) is 0 Å². The highest BCUT2D eigenvalue weighted by Gasteiger charge is 2.53. The number of carboxylic acid groups (broad SMARTS) is 1. The number of hydrogen-bond donors (Lipinski definition) is 2. The number of aromatic nitrogens is 2. The molecule has 1 saturated carbocycles. The van der Waals surface area contributed by atoms with E-state index in [0.717, 1.165) is 25.7 Å². The maximum Gasteiger partial charge on any atom is 0.276 e. The van der Waals surface area contributed by atoms with Crippen molar-refractivity contribution in [2.45, 2.75) is 49.7 Å². The van der Waals surface area contributed by atoms with E-state index < -0.39 is 29.2 Å². The minimum absolute atomic E-state index is 0.129. The van der Waals surface area contributed by atoms with Gasteiger partial charge in [0, 0.05) is 23.5 Å². The third kappa shape index (κ3) is 5.62. The second kappa shape index (κ2) is 11.6. The first-order chi connectivity index (χ1) is 19.0. The van der Waals surface area contributed by atoms with E-state index in [1.165, 1.54) is 16.7 Å². The van der Waals surface area contributed by atoms with E-state index in [-0.39, 0.29) is 35.6 Å². The van der Waals surface area contributed by atoms with Crippen molar-refractivity contribution in [3.63, 3.8) is 0 Å². The molecule has 39 heavy (non-hydrogen) atoms. The molecule has 1 unspecified atom stereocenters. The number of hydrogen-bond acceptors (Lipinski definition) is 9. The molecule has 4 heterocycles. The van der Waals surface area contributed by atoms with Crippen LogP contribution in [-0.2, 0) is 30.6 Å². The molecule has 0 radical (unpaired) electrons. The molecule has 2 aromatic heterocycles. The van der Waals surface area contributed by atoms with Gasteiger partial charge in [0.15, 0.2) is 24.7 Å². The van der Waals surface area contributed by atoms with E-state index >= 15 is 0 Å². The number of aliphatic carboxylic acids is 1. The Morgan fingerprint density at radius 3 is 2.69 bits per heavy atom. The van der Waals surface area contributed by atoms with Crippen LogP contribution in [0, 0.1) is 0 Å². The highest BCUT2D eigenvalue weighted by Crippen LogP contribution is 2.40. The zero-order valence-corrected chi connectivity index (χ0v) is 21.6. The quantitative estimate of drug-likeness (QED) is 0.134. The lowest BCUT2D eigenvalue weighted by Crippen LogP contribution is -2.71. The van der Waals surface area contributed by atoms with Crippen molar-refractivity contribution in [2.24, 2.45) is 5.16 Å². The number of anilines is 1. The van der Waals surface area contributed by atoms with Crippen LogP contribution in [0.4, 0.5) is 5.82 Å². The lowest BCUT2D eigenvalue weighted by atomic mass is 10.0. The van der Waals surface area contributed by atoms with Gasteiger partial charge in [-0.1, -0.05) is 17.3 Å². The smallest absolute Gasteiger partial charge is 0.276 e. The maximum atomic E-state index is 13.4. The van der Waals surface area contributed by atoms with Crippen LogP contribution in [0.3, 0.4) is 0 Å². The fourth-order valence-electron chi connectivity index (χ4n) is 4.80. The molecule has 13 heteroatoms.